The van der Waals surface area contributed by atoms with Crippen LogP contribution in [0.4, 0.5) is 10.8 Å². The highest BCUT2D eigenvalue weighted by Crippen LogP contribution is 2.29. The first kappa shape index (κ1) is 20.7. The number of nitrogens with one attached hydrogen (secondary N) is 1. The molecule has 1 amide bonds. The molecule has 2 aromatic carbocycles. The molecule has 150 valence electrons. The zero-order valence-electron chi connectivity index (χ0n) is 15.3. The van der Waals surface area contributed by atoms with Crippen molar-refractivity contribution in [2.75, 3.05) is 11.9 Å². The fourth-order valence-corrected chi connectivity index (χ4v) is 3.55. The van der Waals surface area contributed by atoms with Crippen LogP contribution in [0.2, 0.25) is 5.02 Å². The minimum absolute atomic E-state index is 0.0510. The van der Waals surface area contributed by atoms with Crippen molar-refractivity contribution in [3.63, 3.8) is 0 Å². The summed E-state index contributed by atoms with van der Waals surface area (Å²) in [6, 6.07) is 8.74. The molecule has 0 atom stereocenters. The monoisotopic (exact) mass is 433 g/mol. The molecule has 0 aliphatic heterocycles. The maximum absolute atomic E-state index is 12.4. The van der Waals surface area contributed by atoms with Gasteiger partial charge in [-0.25, -0.2) is 9.78 Å². The van der Waals surface area contributed by atoms with Crippen LogP contribution in [0.15, 0.2) is 36.4 Å². The van der Waals surface area contributed by atoms with E-state index in [2.05, 4.69) is 10.3 Å². The topological polar surface area (TPSA) is 111 Å². The number of fused-ring (bicyclic) bond motifs is 1. The number of esters is 1. The first-order chi connectivity index (χ1) is 13.9. The molecule has 1 aromatic heterocycles. The number of hydrogen-bond donors (Lipinski definition) is 1. The van der Waals surface area contributed by atoms with Crippen molar-refractivity contribution < 1.29 is 19.2 Å². The SMILES string of the molecule is CCCCOC(=O)c1ccc2nc(NC(=O)c3ccc(Cl)c([N+](=O)[O-])c3)sc2c1. The van der Waals surface area contributed by atoms with Gasteiger partial charge in [-0.15, -0.1) is 0 Å². The van der Waals surface area contributed by atoms with Gasteiger partial charge in [-0.2, -0.15) is 0 Å². The number of nitro groups is 1. The second kappa shape index (κ2) is 8.97. The van der Waals surface area contributed by atoms with Crippen molar-refractivity contribution in [3.05, 3.63) is 62.7 Å². The number of thiazole rings is 1. The van der Waals surface area contributed by atoms with Crippen LogP contribution >= 0.6 is 22.9 Å². The van der Waals surface area contributed by atoms with E-state index >= 15 is 0 Å². The maximum Gasteiger partial charge on any atom is 0.338 e. The highest BCUT2D eigenvalue weighted by Gasteiger charge is 2.18. The number of nitro benzene ring substituents is 1. The summed E-state index contributed by atoms with van der Waals surface area (Å²) in [5.41, 5.74) is 0.747. The summed E-state index contributed by atoms with van der Waals surface area (Å²) in [7, 11) is 0. The summed E-state index contributed by atoms with van der Waals surface area (Å²) in [4.78, 5) is 39.1. The summed E-state index contributed by atoms with van der Waals surface area (Å²) in [5.74, 6) is -0.962. The first-order valence-corrected chi connectivity index (χ1v) is 9.91. The summed E-state index contributed by atoms with van der Waals surface area (Å²) in [6.45, 7) is 2.37. The minimum Gasteiger partial charge on any atom is -0.462 e. The van der Waals surface area contributed by atoms with Crippen molar-refractivity contribution in [2.45, 2.75) is 19.8 Å². The van der Waals surface area contributed by atoms with Gasteiger partial charge in [-0.3, -0.25) is 20.2 Å². The van der Waals surface area contributed by atoms with Gasteiger partial charge in [-0.1, -0.05) is 36.3 Å². The molecule has 10 heteroatoms. The number of unbranched alkanes of at least 4 members (excludes halogenated alkanes) is 1. The van der Waals surface area contributed by atoms with Gasteiger partial charge < -0.3 is 4.74 Å². The molecular formula is C19H16ClN3O5S. The van der Waals surface area contributed by atoms with E-state index in [1.54, 1.807) is 18.2 Å². The Kier molecular flexibility index (Phi) is 6.40. The number of rotatable bonds is 7. The smallest absolute Gasteiger partial charge is 0.338 e. The fourth-order valence-electron chi connectivity index (χ4n) is 2.46. The molecule has 0 spiro atoms. The van der Waals surface area contributed by atoms with Crippen molar-refractivity contribution in [1.82, 2.24) is 4.98 Å². The fraction of sp³-hybridized carbons (Fsp3) is 0.211. The second-order valence-electron chi connectivity index (χ2n) is 6.07. The Morgan fingerprint density at radius 2 is 2.00 bits per heavy atom. The standard InChI is InChI=1S/C19H16ClN3O5S/c1-2-3-8-28-18(25)12-5-7-14-16(10-12)29-19(21-14)22-17(24)11-4-6-13(20)15(9-11)23(26)27/h4-7,9-10H,2-3,8H2,1H3,(H,21,22,24). The van der Waals surface area contributed by atoms with Gasteiger partial charge in [0.05, 0.1) is 27.3 Å². The molecule has 0 fully saturated rings. The summed E-state index contributed by atoms with van der Waals surface area (Å²) >= 11 is 6.95. The predicted molar refractivity (Wildman–Crippen MR) is 111 cm³/mol. The first-order valence-electron chi connectivity index (χ1n) is 8.72. The molecule has 3 aromatic rings. The maximum atomic E-state index is 12.4. The van der Waals surface area contributed by atoms with Crippen LogP contribution in [0.1, 0.15) is 40.5 Å². The number of amides is 1. The zero-order valence-corrected chi connectivity index (χ0v) is 16.9. The van der Waals surface area contributed by atoms with Gasteiger partial charge in [-0.05, 0) is 36.8 Å². The number of nitrogens with zero attached hydrogens (tertiary/aromatic N) is 2. The normalized spacial score (nSPS) is 10.7. The number of carbonyl (C=O) groups excluding carboxylic acids is 2. The van der Waals surface area contributed by atoms with Gasteiger partial charge in [0.25, 0.3) is 11.6 Å². The molecule has 0 saturated carbocycles. The lowest BCUT2D eigenvalue weighted by Crippen LogP contribution is -2.11. The third-order valence-corrected chi connectivity index (χ3v) is 5.23. The minimum atomic E-state index is -0.655. The molecule has 0 saturated heterocycles. The molecule has 0 aliphatic rings. The second-order valence-corrected chi connectivity index (χ2v) is 7.51. The molecular weight excluding hydrogens is 418 g/mol. The lowest BCUT2D eigenvalue weighted by molar-refractivity contribution is -0.384. The third kappa shape index (κ3) is 4.87. The van der Waals surface area contributed by atoms with E-state index in [4.69, 9.17) is 16.3 Å². The van der Waals surface area contributed by atoms with Gasteiger partial charge in [0.1, 0.15) is 5.02 Å². The van der Waals surface area contributed by atoms with Crippen molar-refractivity contribution in [1.29, 1.82) is 0 Å². The summed E-state index contributed by atoms with van der Waals surface area (Å²) in [6.07, 6.45) is 1.73. The van der Waals surface area contributed by atoms with Crippen molar-refractivity contribution in [3.8, 4) is 0 Å². The number of ether oxygens (including phenoxy) is 1. The number of halogens is 1. The lowest BCUT2D eigenvalue weighted by atomic mass is 10.2. The Balaban J connectivity index is 1.77. The summed E-state index contributed by atoms with van der Waals surface area (Å²) < 4.78 is 5.90. The van der Waals surface area contributed by atoms with E-state index in [9.17, 15) is 19.7 Å². The number of hydrogen-bond acceptors (Lipinski definition) is 7. The molecule has 0 bridgehead atoms. The Hall–Kier alpha value is -3.04. The highest BCUT2D eigenvalue weighted by molar-refractivity contribution is 7.22. The Morgan fingerprint density at radius 3 is 2.72 bits per heavy atom. The van der Waals surface area contributed by atoms with Crippen LogP contribution < -0.4 is 5.32 Å². The third-order valence-electron chi connectivity index (χ3n) is 3.98. The quantitative estimate of drug-likeness (QED) is 0.241. The van der Waals surface area contributed by atoms with E-state index in [1.807, 2.05) is 6.92 Å². The highest BCUT2D eigenvalue weighted by atomic mass is 35.5. The molecule has 1 N–H and O–H groups in total. The molecule has 29 heavy (non-hydrogen) atoms. The average molecular weight is 434 g/mol. The lowest BCUT2D eigenvalue weighted by Gasteiger charge is -2.03. The van der Waals surface area contributed by atoms with E-state index in [-0.39, 0.29) is 16.3 Å². The predicted octanol–water partition coefficient (Wildman–Crippen LogP) is 5.07. The van der Waals surface area contributed by atoms with Gasteiger partial charge in [0.2, 0.25) is 0 Å². The molecule has 8 nitrogen and oxygen atoms in total. The van der Waals surface area contributed by atoms with Gasteiger partial charge in [0, 0.05) is 11.6 Å². The van der Waals surface area contributed by atoms with E-state index in [0.717, 1.165) is 18.9 Å². The molecule has 0 aliphatic carbocycles. The number of anilines is 1. The van der Waals surface area contributed by atoms with Crippen molar-refractivity contribution in [2.24, 2.45) is 0 Å². The number of carbonyl (C=O) groups is 2. The Labute approximate surface area is 174 Å². The van der Waals surface area contributed by atoms with Crippen LogP contribution in [0.25, 0.3) is 10.2 Å². The molecule has 0 unspecified atom stereocenters. The van der Waals surface area contributed by atoms with Gasteiger partial charge >= 0.3 is 5.97 Å². The zero-order chi connectivity index (χ0) is 21.0. The number of aromatic nitrogens is 1. The van der Waals surface area contributed by atoms with Crippen LogP contribution in [0.3, 0.4) is 0 Å². The summed E-state index contributed by atoms with van der Waals surface area (Å²) in [5, 5.41) is 13.8. The average Bonchev–Trinajstić information content (AvgIpc) is 3.09. The van der Waals surface area contributed by atoms with E-state index < -0.39 is 16.8 Å². The van der Waals surface area contributed by atoms with Crippen LogP contribution in [0, 0.1) is 10.1 Å². The largest absolute Gasteiger partial charge is 0.462 e. The van der Waals surface area contributed by atoms with Crippen molar-refractivity contribution >= 4 is 55.8 Å². The van der Waals surface area contributed by atoms with Crippen LogP contribution in [-0.2, 0) is 4.74 Å². The van der Waals surface area contributed by atoms with E-state index in [1.165, 1.54) is 23.5 Å². The van der Waals surface area contributed by atoms with Gasteiger partial charge in [0.15, 0.2) is 5.13 Å². The van der Waals surface area contributed by atoms with Crippen LogP contribution in [0.5, 0.6) is 0 Å². The Morgan fingerprint density at radius 1 is 1.24 bits per heavy atom. The molecule has 1 heterocycles. The van der Waals surface area contributed by atoms with Crippen LogP contribution in [-0.4, -0.2) is 28.4 Å². The Bertz CT molecular complexity index is 1100. The molecule has 0 radical (unpaired) electrons. The number of benzene rings is 2. The van der Waals surface area contributed by atoms with E-state index in [0.29, 0.717) is 27.5 Å². The molecule has 3 rings (SSSR count).